The molecule has 0 fully saturated rings. The standard InChI is InChI=1S/C19H28N2O3/c1-12(2)20-10-16(22)11-23-17-6-7-18-15(8-17)9-19(24-18)14(5)21-13(3)4/h6-9,12-13,16,20,22H,10-11H2,1-5H3. The number of rotatable bonds is 8. The molecule has 2 rings (SSSR count). The number of ether oxygens (including phenoxy) is 1. The van der Waals surface area contributed by atoms with Gasteiger partial charge in [-0.15, -0.1) is 0 Å². The first-order chi connectivity index (χ1) is 11.3. The van der Waals surface area contributed by atoms with Gasteiger partial charge < -0.3 is 19.6 Å². The number of benzene rings is 1. The SMILES string of the molecule is CC(=NC(C)C)c1cc2cc(OCC(O)CNC(C)C)ccc2o1. The lowest BCUT2D eigenvalue weighted by Gasteiger charge is -2.14. The highest BCUT2D eigenvalue weighted by Gasteiger charge is 2.10. The van der Waals surface area contributed by atoms with Crippen molar-refractivity contribution in [1.29, 1.82) is 0 Å². The van der Waals surface area contributed by atoms with Crippen molar-refractivity contribution >= 4 is 16.7 Å². The van der Waals surface area contributed by atoms with Crippen LogP contribution < -0.4 is 10.1 Å². The molecule has 0 spiro atoms. The van der Waals surface area contributed by atoms with Crippen LogP contribution in [0.5, 0.6) is 5.75 Å². The number of aliphatic hydroxyl groups is 1. The van der Waals surface area contributed by atoms with E-state index in [1.807, 2.05) is 58.9 Å². The number of nitrogens with zero attached hydrogens (tertiary/aromatic N) is 1. The first-order valence-corrected chi connectivity index (χ1v) is 8.47. The second-order valence-electron chi connectivity index (χ2n) is 6.65. The van der Waals surface area contributed by atoms with Crippen molar-refractivity contribution in [2.75, 3.05) is 13.2 Å². The van der Waals surface area contributed by atoms with Gasteiger partial charge in [0.25, 0.3) is 0 Å². The number of nitrogens with one attached hydrogen (secondary N) is 1. The number of aliphatic hydroxyl groups excluding tert-OH is 1. The predicted octanol–water partition coefficient (Wildman–Crippen LogP) is 3.39. The molecule has 1 unspecified atom stereocenters. The summed E-state index contributed by atoms with van der Waals surface area (Å²) >= 11 is 0. The molecule has 1 aromatic heterocycles. The Kier molecular flexibility index (Phi) is 6.40. The van der Waals surface area contributed by atoms with Crippen molar-refractivity contribution in [1.82, 2.24) is 5.32 Å². The summed E-state index contributed by atoms with van der Waals surface area (Å²) in [5.41, 5.74) is 1.69. The summed E-state index contributed by atoms with van der Waals surface area (Å²) in [6.07, 6.45) is -0.538. The Balaban J connectivity index is 2.03. The fourth-order valence-corrected chi connectivity index (χ4v) is 2.36. The van der Waals surface area contributed by atoms with Crippen LogP contribution in [0.1, 0.15) is 40.4 Å². The lowest BCUT2D eigenvalue weighted by molar-refractivity contribution is 0.105. The van der Waals surface area contributed by atoms with E-state index in [4.69, 9.17) is 9.15 Å². The third kappa shape index (κ3) is 5.35. The maximum atomic E-state index is 9.91. The molecule has 0 aliphatic heterocycles. The largest absolute Gasteiger partial charge is 0.491 e. The van der Waals surface area contributed by atoms with Gasteiger partial charge >= 0.3 is 0 Å². The Labute approximate surface area is 143 Å². The second-order valence-corrected chi connectivity index (χ2v) is 6.65. The van der Waals surface area contributed by atoms with Crippen LogP contribution >= 0.6 is 0 Å². The first-order valence-electron chi connectivity index (χ1n) is 8.47. The van der Waals surface area contributed by atoms with Crippen molar-refractivity contribution in [2.45, 2.75) is 52.8 Å². The van der Waals surface area contributed by atoms with E-state index in [0.717, 1.165) is 28.2 Å². The van der Waals surface area contributed by atoms with Gasteiger partial charge in [-0.2, -0.15) is 0 Å². The molecule has 0 aliphatic rings. The second kappa shape index (κ2) is 8.31. The molecule has 0 saturated heterocycles. The highest BCUT2D eigenvalue weighted by Crippen LogP contribution is 2.25. The lowest BCUT2D eigenvalue weighted by Crippen LogP contribution is -2.35. The molecule has 1 aromatic carbocycles. The zero-order chi connectivity index (χ0) is 17.7. The Morgan fingerprint density at radius 2 is 2.00 bits per heavy atom. The zero-order valence-electron chi connectivity index (χ0n) is 15.2. The van der Waals surface area contributed by atoms with Crippen molar-refractivity contribution in [3.63, 3.8) is 0 Å². The minimum Gasteiger partial charge on any atom is -0.491 e. The van der Waals surface area contributed by atoms with Crippen LogP contribution in [0.15, 0.2) is 33.7 Å². The molecule has 0 bridgehead atoms. The number of hydrogen-bond donors (Lipinski definition) is 2. The van der Waals surface area contributed by atoms with Crippen LogP contribution in [-0.2, 0) is 0 Å². The Morgan fingerprint density at radius 1 is 1.25 bits per heavy atom. The van der Waals surface area contributed by atoms with Crippen LogP contribution in [0, 0.1) is 0 Å². The number of furan rings is 1. The Morgan fingerprint density at radius 3 is 2.67 bits per heavy atom. The van der Waals surface area contributed by atoms with Gasteiger partial charge in [0.05, 0.1) is 5.71 Å². The summed E-state index contributed by atoms with van der Waals surface area (Å²) in [6, 6.07) is 8.21. The molecule has 132 valence electrons. The first kappa shape index (κ1) is 18.5. The molecule has 0 aliphatic carbocycles. The Bertz CT molecular complexity index is 689. The molecule has 0 saturated carbocycles. The van der Waals surface area contributed by atoms with Crippen LogP contribution in [0.25, 0.3) is 11.0 Å². The predicted molar refractivity (Wildman–Crippen MR) is 98.2 cm³/mol. The molecular formula is C19H28N2O3. The molecule has 24 heavy (non-hydrogen) atoms. The maximum absolute atomic E-state index is 9.91. The normalized spacial score (nSPS) is 13.9. The van der Waals surface area contributed by atoms with Crippen LogP contribution in [0.3, 0.4) is 0 Å². The molecule has 1 heterocycles. The molecule has 5 nitrogen and oxygen atoms in total. The molecule has 0 amide bonds. The zero-order valence-corrected chi connectivity index (χ0v) is 15.2. The summed E-state index contributed by atoms with van der Waals surface area (Å²) < 4.78 is 11.5. The third-order valence-electron chi connectivity index (χ3n) is 3.50. The van der Waals surface area contributed by atoms with E-state index in [2.05, 4.69) is 10.3 Å². The fraction of sp³-hybridized carbons (Fsp3) is 0.526. The van der Waals surface area contributed by atoms with E-state index in [1.165, 1.54) is 0 Å². The van der Waals surface area contributed by atoms with E-state index in [1.54, 1.807) is 0 Å². The average Bonchev–Trinajstić information content (AvgIpc) is 2.93. The number of hydrogen-bond acceptors (Lipinski definition) is 5. The summed E-state index contributed by atoms with van der Waals surface area (Å²) in [5, 5.41) is 14.1. The molecule has 5 heteroatoms. The smallest absolute Gasteiger partial charge is 0.148 e. The van der Waals surface area contributed by atoms with E-state index >= 15 is 0 Å². The number of aliphatic imine (C=N–C) groups is 1. The minimum absolute atomic E-state index is 0.234. The lowest BCUT2D eigenvalue weighted by atomic mass is 10.2. The molecular weight excluding hydrogens is 304 g/mol. The van der Waals surface area contributed by atoms with Gasteiger partial charge in [-0.3, -0.25) is 4.99 Å². The highest BCUT2D eigenvalue weighted by atomic mass is 16.5. The van der Waals surface area contributed by atoms with E-state index < -0.39 is 6.10 Å². The van der Waals surface area contributed by atoms with Crippen LogP contribution in [-0.4, -0.2) is 42.2 Å². The van der Waals surface area contributed by atoms with Gasteiger partial charge in [-0.25, -0.2) is 0 Å². The minimum atomic E-state index is -0.538. The van der Waals surface area contributed by atoms with E-state index in [9.17, 15) is 5.11 Å². The quantitative estimate of drug-likeness (QED) is 0.727. The van der Waals surface area contributed by atoms with Gasteiger partial charge in [-0.05, 0) is 45.0 Å². The van der Waals surface area contributed by atoms with Gasteiger partial charge in [0.2, 0.25) is 0 Å². The van der Waals surface area contributed by atoms with Crippen molar-refractivity contribution in [3.8, 4) is 5.75 Å². The third-order valence-corrected chi connectivity index (χ3v) is 3.50. The highest BCUT2D eigenvalue weighted by molar-refractivity contribution is 6.00. The Hall–Kier alpha value is -1.85. The molecule has 1 atom stereocenters. The van der Waals surface area contributed by atoms with Crippen molar-refractivity contribution < 1.29 is 14.3 Å². The summed E-state index contributed by atoms with van der Waals surface area (Å²) in [4.78, 5) is 4.51. The van der Waals surface area contributed by atoms with Gasteiger partial charge in [-0.1, -0.05) is 13.8 Å². The average molecular weight is 332 g/mol. The molecule has 2 N–H and O–H groups in total. The van der Waals surface area contributed by atoms with Crippen molar-refractivity contribution in [2.24, 2.45) is 4.99 Å². The fourth-order valence-electron chi connectivity index (χ4n) is 2.36. The van der Waals surface area contributed by atoms with Crippen molar-refractivity contribution in [3.05, 3.63) is 30.0 Å². The van der Waals surface area contributed by atoms with Gasteiger partial charge in [0.15, 0.2) is 0 Å². The van der Waals surface area contributed by atoms with Crippen LogP contribution in [0.4, 0.5) is 0 Å². The molecule has 2 aromatic rings. The maximum Gasteiger partial charge on any atom is 0.148 e. The summed E-state index contributed by atoms with van der Waals surface area (Å²) in [6.45, 7) is 10.9. The van der Waals surface area contributed by atoms with E-state index in [-0.39, 0.29) is 12.6 Å². The number of fused-ring (bicyclic) bond motifs is 1. The van der Waals surface area contributed by atoms with Gasteiger partial charge in [0.1, 0.15) is 29.8 Å². The summed E-state index contributed by atoms with van der Waals surface area (Å²) in [7, 11) is 0. The van der Waals surface area contributed by atoms with Gasteiger partial charge in [0, 0.05) is 24.0 Å². The van der Waals surface area contributed by atoms with Crippen LogP contribution in [0.2, 0.25) is 0 Å². The monoisotopic (exact) mass is 332 g/mol. The van der Waals surface area contributed by atoms with E-state index in [0.29, 0.717) is 12.6 Å². The molecule has 0 radical (unpaired) electrons. The summed E-state index contributed by atoms with van der Waals surface area (Å²) in [5.74, 6) is 1.49. The topological polar surface area (TPSA) is 67.0 Å².